The van der Waals surface area contributed by atoms with Crippen LogP contribution in [0.5, 0.6) is 0 Å². The molecule has 1 nitrogen and oxygen atoms in total. The molecule has 0 bridgehead atoms. The van der Waals surface area contributed by atoms with E-state index < -0.39 is 0 Å². The summed E-state index contributed by atoms with van der Waals surface area (Å²) in [5.41, 5.74) is 2.05. The Morgan fingerprint density at radius 1 is 0.737 bits per heavy atom. The highest BCUT2D eigenvalue weighted by molar-refractivity contribution is 7.81. The van der Waals surface area contributed by atoms with Gasteiger partial charge in [-0.2, -0.15) is 0 Å². The number of thiocarbonyl (C=S) groups is 1. The molecule has 0 radical (unpaired) electrons. The van der Waals surface area contributed by atoms with Crippen molar-refractivity contribution in [2.45, 2.75) is 0 Å². The summed E-state index contributed by atoms with van der Waals surface area (Å²) >= 11 is 5.41. The number of benzene rings is 3. The highest BCUT2D eigenvalue weighted by atomic mass is 32.1. The number of hydrogen-bond acceptors (Lipinski definition) is 1. The molecular formula is C17H13NS. The molecule has 0 aliphatic heterocycles. The Balaban J connectivity index is 1.87. The molecule has 3 aromatic carbocycles. The van der Waals surface area contributed by atoms with E-state index in [2.05, 4.69) is 35.6 Å². The van der Waals surface area contributed by atoms with E-state index in [-0.39, 0.29) is 0 Å². The molecule has 2 heteroatoms. The summed E-state index contributed by atoms with van der Waals surface area (Å²) < 4.78 is 0. The van der Waals surface area contributed by atoms with Gasteiger partial charge in [-0.1, -0.05) is 72.9 Å². The van der Waals surface area contributed by atoms with Crippen LogP contribution < -0.4 is 5.32 Å². The molecule has 1 N–H and O–H groups in total. The maximum Gasteiger partial charge on any atom is 0.110 e. The van der Waals surface area contributed by atoms with Crippen molar-refractivity contribution in [3.8, 4) is 0 Å². The largest absolute Gasteiger partial charge is 0.346 e. The molecule has 3 rings (SSSR count). The predicted molar refractivity (Wildman–Crippen MR) is 85.7 cm³/mol. The van der Waals surface area contributed by atoms with Gasteiger partial charge in [-0.25, -0.2) is 0 Å². The minimum Gasteiger partial charge on any atom is -0.346 e. The lowest BCUT2D eigenvalue weighted by Crippen LogP contribution is -2.09. The number of hydrogen-bond donors (Lipinski definition) is 1. The quantitative estimate of drug-likeness (QED) is 0.677. The van der Waals surface area contributed by atoms with Crippen LogP contribution in [0.1, 0.15) is 5.56 Å². The van der Waals surface area contributed by atoms with Crippen LogP contribution in [-0.4, -0.2) is 4.99 Å². The summed E-state index contributed by atoms with van der Waals surface area (Å²) in [5.74, 6) is 0. The number of fused-ring (bicyclic) bond motifs is 1. The molecule has 0 spiro atoms. The molecule has 0 aliphatic rings. The summed E-state index contributed by atoms with van der Waals surface area (Å²) in [4.78, 5) is 0.746. The summed E-state index contributed by atoms with van der Waals surface area (Å²) in [6.45, 7) is 0. The van der Waals surface area contributed by atoms with Gasteiger partial charge >= 0.3 is 0 Å². The molecule has 0 atom stereocenters. The van der Waals surface area contributed by atoms with Gasteiger partial charge in [-0.3, -0.25) is 0 Å². The summed E-state index contributed by atoms with van der Waals surface area (Å²) in [7, 11) is 0. The highest BCUT2D eigenvalue weighted by Gasteiger charge is 2.01. The second-order valence-corrected chi connectivity index (χ2v) is 4.79. The third-order valence-electron chi connectivity index (χ3n) is 3.04. The fourth-order valence-electron chi connectivity index (χ4n) is 2.06. The molecule has 0 unspecified atom stereocenters. The molecule has 0 fully saturated rings. The van der Waals surface area contributed by atoms with Crippen molar-refractivity contribution in [1.82, 2.24) is 0 Å². The average molecular weight is 263 g/mol. The van der Waals surface area contributed by atoms with Gasteiger partial charge in [0.2, 0.25) is 0 Å². The Hall–Kier alpha value is -2.19. The van der Waals surface area contributed by atoms with Gasteiger partial charge < -0.3 is 5.32 Å². The molecule has 0 aromatic heterocycles. The van der Waals surface area contributed by atoms with Crippen molar-refractivity contribution in [2.24, 2.45) is 0 Å². The Bertz CT molecular complexity index is 719. The molecule has 19 heavy (non-hydrogen) atoms. The zero-order valence-corrected chi connectivity index (χ0v) is 11.2. The molecule has 92 valence electrons. The average Bonchev–Trinajstić information content (AvgIpc) is 2.48. The van der Waals surface area contributed by atoms with Crippen molar-refractivity contribution in [3.63, 3.8) is 0 Å². The van der Waals surface area contributed by atoms with E-state index in [1.54, 1.807) is 0 Å². The number of nitrogens with one attached hydrogen (secondary N) is 1. The Labute approximate surface area is 117 Å². The van der Waals surface area contributed by atoms with Crippen LogP contribution >= 0.6 is 12.2 Å². The first-order valence-corrected chi connectivity index (χ1v) is 6.59. The maximum atomic E-state index is 5.41. The van der Waals surface area contributed by atoms with E-state index in [0.29, 0.717) is 0 Å². The normalized spacial score (nSPS) is 10.3. The van der Waals surface area contributed by atoms with Crippen LogP contribution in [0.25, 0.3) is 10.8 Å². The van der Waals surface area contributed by atoms with Gasteiger partial charge in [-0.05, 0) is 22.9 Å². The highest BCUT2D eigenvalue weighted by Crippen LogP contribution is 2.19. The first-order chi connectivity index (χ1) is 9.33. The van der Waals surface area contributed by atoms with Gasteiger partial charge in [0.15, 0.2) is 0 Å². The first-order valence-electron chi connectivity index (χ1n) is 6.18. The minimum absolute atomic E-state index is 0.746. The second kappa shape index (κ2) is 5.21. The topological polar surface area (TPSA) is 12.0 Å². The van der Waals surface area contributed by atoms with Crippen molar-refractivity contribution >= 4 is 33.7 Å². The zero-order valence-electron chi connectivity index (χ0n) is 10.3. The first kappa shape index (κ1) is 11.9. The third kappa shape index (κ3) is 2.64. The van der Waals surface area contributed by atoms with Crippen LogP contribution in [0.15, 0.2) is 72.8 Å². The second-order valence-electron chi connectivity index (χ2n) is 4.38. The standard InChI is InChI=1S/C17H13NS/c19-17(14-7-2-1-3-8-14)18-16-11-10-13-6-4-5-9-15(13)12-16/h1-12H,(H,18,19). The molecule has 0 saturated heterocycles. The summed E-state index contributed by atoms with van der Waals surface area (Å²) in [5, 5.41) is 5.73. The van der Waals surface area contributed by atoms with E-state index in [0.717, 1.165) is 16.2 Å². The molecule has 0 heterocycles. The number of anilines is 1. The van der Waals surface area contributed by atoms with Crippen LogP contribution in [0.2, 0.25) is 0 Å². The van der Waals surface area contributed by atoms with Gasteiger partial charge in [0.25, 0.3) is 0 Å². The fourth-order valence-corrected chi connectivity index (χ4v) is 2.31. The van der Waals surface area contributed by atoms with Crippen LogP contribution in [-0.2, 0) is 0 Å². The lowest BCUT2D eigenvalue weighted by atomic mass is 10.1. The van der Waals surface area contributed by atoms with Crippen LogP contribution in [0.4, 0.5) is 5.69 Å². The summed E-state index contributed by atoms with van der Waals surface area (Å²) in [6, 6.07) is 24.6. The van der Waals surface area contributed by atoms with E-state index in [4.69, 9.17) is 12.2 Å². The molecular weight excluding hydrogens is 250 g/mol. The van der Waals surface area contributed by atoms with E-state index in [9.17, 15) is 0 Å². The van der Waals surface area contributed by atoms with Crippen LogP contribution in [0, 0.1) is 0 Å². The van der Waals surface area contributed by atoms with Crippen molar-refractivity contribution in [1.29, 1.82) is 0 Å². The predicted octanol–water partition coefficient (Wildman–Crippen LogP) is 4.63. The smallest absolute Gasteiger partial charge is 0.110 e. The van der Waals surface area contributed by atoms with Crippen LogP contribution in [0.3, 0.4) is 0 Å². The van der Waals surface area contributed by atoms with Gasteiger partial charge in [0.1, 0.15) is 4.99 Å². The molecule has 3 aromatic rings. The van der Waals surface area contributed by atoms with Crippen molar-refractivity contribution in [2.75, 3.05) is 5.32 Å². The Kier molecular flexibility index (Phi) is 3.25. The molecule has 0 saturated carbocycles. The van der Waals surface area contributed by atoms with Crippen molar-refractivity contribution < 1.29 is 0 Å². The van der Waals surface area contributed by atoms with E-state index in [1.807, 2.05) is 42.5 Å². The van der Waals surface area contributed by atoms with E-state index >= 15 is 0 Å². The van der Waals surface area contributed by atoms with E-state index in [1.165, 1.54) is 10.8 Å². The third-order valence-corrected chi connectivity index (χ3v) is 3.38. The van der Waals surface area contributed by atoms with Gasteiger partial charge in [0.05, 0.1) is 0 Å². The monoisotopic (exact) mass is 263 g/mol. The maximum absolute atomic E-state index is 5.41. The summed E-state index contributed by atoms with van der Waals surface area (Å²) in [6.07, 6.45) is 0. The lowest BCUT2D eigenvalue weighted by molar-refractivity contribution is 1.62. The molecule has 0 amide bonds. The Morgan fingerprint density at radius 3 is 2.21 bits per heavy atom. The SMILES string of the molecule is S=C(Nc1ccc2ccccc2c1)c1ccccc1. The van der Waals surface area contributed by atoms with Gasteiger partial charge in [0, 0.05) is 11.3 Å². The lowest BCUT2D eigenvalue weighted by Gasteiger charge is -2.09. The molecule has 0 aliphatic carbocycles. The van der Waals surface area contributed by atoms with Gasteiger partial charge in [-0.15, -0.1) is 0 Å². The zero-order chi connectivity index (χ0) is 13.1. The number of rotatable bonds is 2. The Morgan fingerprint density at radius 2 is 1.42 bits per heavy atom. The minimum atomic E-state index is 0.746. The fraction of sp³-hybridized carbons (Fsp3) is 0. The van der Waals surface area contributed by atoms with Crippen molar-refractivity contribution in [3.05, 3.63) is 78.4 Å².